The van der Waals surface area contributed by atoms with Gasteiger partial charge in [-0.15, -0.1) is 0 Å². The molecular weight excluding hydrogens is 261 g/mol. The molecule has 0 spiro atoms. The highest BCUT2D eigenvalue weighted by atomic mass is 35.5. The van der Waals surface area contributed by atoms with Crippen LogP contribution in [0.4, 0.5) is 13.2 Å². The maximum Gasteiger partial charge on any atom is 0.450 e. The van der Waals surface area contributed by atoms with E-state index >= 15 is 0 Å². The van der Waals surface area contributed by atoms with E-state index in [0.29, 0.717) is 4.40 Å². The monoisotopic (exact) mass is 264 g/mol. The predicted molar refractivity (Wildman–Crippen MR) is 52.2 cm³/mol. The topological polar surface area (TPSA) is 54.6 Å². The van der Waals surface area contributed by atoms with Gasteiger partial charge in [0.2, 0.25) is 5.82 Å². The summed E-state index contributed by atoms with van der Waals surface area (Å²) < 4.78 is 38.4. The summed E-state index contributed by atoms with van der Waals surface area (Å²) in [5.74, 6) is -2.84. The Balaban J connectivity index is 2.85. The Morgan fingerprint density at radius 2 is 2.06 bits per heavy atom. The van der Waals surface area contributed by atoms with Crippen LogP contribution in [0.1, 0.15) is 16.3 Å². The van der Waals surface area contributed by atoms with Gasteiger partial charge in [-0.3, -0.25) is 4.40 Å². The van der Waals surface area contributed by atoms with E-state index in [4.69, 9.17) is 16.7 Å². The Kier molecular flexibility index (Phi) is 2.50. The third-order valence-electron chi connectivity index (χ3n) is 2.06. The lowest BCUT2D eigenvalue weighted by atomic mass is 10.3. The molecule has 0 aliphatic heterocycles. The largest absolute Gasteiger partial charge is 0.476 e. The van der Waals surface area contributed by atoms with E-state index in [1.54, 1.807) is 0 Å². The second kappa shape index (κ2) is 3.63. The Morgan fingerprint density at radius 1 is 1.41 bits per heavy atom. The number of aromatic nitrogens is 2. The van der Waals surface area contributed by atoms with Gasteiger partial charge in [-0.25, -0.2) is 9.78 Å². The molecule has 90 valence electrons. The Labute approximate surface area is 97.3 Å². The van der Waals surface area contributed by atoms with Crippen LogP contribution in [0.2, 0.25) is 5.02 Å². The van der Waals surface area contributed by atoms with Crippen LogP contribution in [0.5, 0.6) is 0 Å². The summed E-state index contributed by atoms with van der Waals surface area (Å²) in [5, 5.41) is 8.81. The molecule has 2 aromatic heterocycles. The zero-order valence-corrected chi connectivity index (χ0v) is 8.75. The molecule has 0 bridgehead atoms. The quantitative estimate of drug-likeness (QED) is 0.861. The lowest BCUT2D eigenvalue weighted by Crippen LogP contribution is -2.10. The van der Waals surface area contributed by atoms with Crippen LogP contribution in [-0.2, 0) is 6.18 Å². The molecule has 0 saturated heterocycles. The summed E-state index contributed by atoms with van der Waals surface area (Å²) in [6.07, 6.45) is -3.78. The maximum absolute atomic E-state index is 12.6. The van der Waals surface area contributed by atoms with Gasteiger partial charge in [0.25, 0.3) is 0 Å². The number of carboxylic acids is 1. The summed E-state index contributed by atoms with van der Waals surface area (Å²) in [7, 11) is 0. The molecule has 8 heteroatoms. The molecule has 0 aliphatic rings. The summed E-state index contributed by atoms with van der Waals surface area (Å²) in [6.45, 7) is 0. The van der Waals surface area contributed by atoms with E-state index in [2.05, 4.69) is 4.98 Å². The molecule has 1 N–H and O–H groups in total. The fourth-order valence-electron chi connectivity index (χ4n) is 1.42. The highest BCUT2D eigenvalue weighted by molar-refractivity contribution is 6.30. The lowest BCUT2D eigenvalue weighted by molar-refractivity contribution is -0.145. The van der Waals surface area contributed by atoms with Gasteiger partial charge in [-0.05, 0) is 12.1 Å². The summed E-state index contributed by atoms with van der Waals surface area (Å²) in [4.78, 5) is 13.8. The smallest absolute Gasteiger partial charge is 0.450 e. The van der Waals surface area contributed by atoms with Gasteiger partial charge in [-0.2, -0.15) is 13.2 Å². The molecule has 0 aliphatic carbocycles. The SMILES string of the molecule is O=C(O)c1nc(C(F)(F)F)n2cc(Cl)ccc12. The molecule has 0 fully saturated rings. The summed E-state index contributed by atoms with van der Waals surface area (Å²) in [6, 6.07) is 2.47. The number of aromatic carboxylic acids is 1. The number of fused-ring (bicyclic) bond motifs is 1. The van der Waals surface area contributed by atoms with E-state index in [9.17, 15) is 18.0 Å². The van der Waals surface area contributed by atoms with Gasteiger partial charge < -0.3 is 5.11 Å². The van der Waals surface area contributed by atoms with Crippen molar-refractivity contribution in [2.24, 2.45) is 0 Å². The number of carbonyl (C=O) groups is 1. The summed E-state index contributed by atoms with van der Waals surface area (Å²) in [5.41, 5.74) is -0.816. The van der Waals surface area contributed by atoms with Crippen molar-refractivity contribution in [3.05, 3.63) is 34.9 Å². The van der Waals surface area contributed by atoms with Crippen molar-refractivity contribution in [2.75, 3.05) is 0 Å². The van der Waals surface area contributed by atoms with Gasteiger partial charge in [0.1, 0.15) is 0 Å². The van der Waals surface area contributed by atoms with E-state index in [-0.39, 0.29) is 10.5 Å². The van der Waals surface area contributed by atoms with Crippen molar-refractivity contribution in [2.45, 2.75) is 6.18 Å². The molecule has 0 unspecified atom stereocenters. The third kappa shape index (κ3) is 1.93. The second-order valence-electron chi connectivity index (χ2n) is 3.19. The second-order valence-corrected chi connectivity index (χ2v) is 3.63. The van der Waals surface area contributed by atoms with Crippen LogP contribution >= 0.6 is 11.6 Å². The Bertz CT molecular complexity index is 606. The van der Waals surface area contributed by atoms with Crippen LogP contribution in [0.15, 0.2) is 18.3 Å². The Hall–Kier alpha value is -1.76. The van der Waals surface area contributed by atoms with Gasteiger partial charge >= 0.3 is 12.1 Å². The average molecular weight is 265 g/mol. The molecule has 2 aromatic rings. The number of rotatable bonds is 1. The zero-order chi connectivity index (χ0) is 12.8. The lowest BCUT2D eigenvalue weighted by Gasteiger charge is -2.04. The molecular formula is C9H4ClF3N2O2. The van der Waals surface area contributed by atoms with E-state index < -0.39 is 23.7 Å². The maximum atomic E-state index is 12.6. The summed E-state index contributed by atoms with van der Waals surface area (Å²) >= 11 is 5.57. The minimum Gasteiger partial charge on any atom is -0.476 e. The first-order valence-electron chi connectivity index (χ1n) is 4.29. The molecule has 4 nitrogen and oxygen atoms in total. The highest BCUT2D eigenvalue weighted by Crippen LogP contribution is 2.31. The predicted octanol–water partition coefficient (Wildman–Crippen LogP) is 2.70. The number of nitrogens with zero attached hydrogens (tertiary/aromatic N) is 2. The van der Waals surface area contributed by atoms with Crippen LogP contribution < -0.4 is 0 Å². The van der Waals surface area contributed by atoms with Crippen LogP contribution in [-0.4, -0.2) is 20.5 Å². The first kappa shape index (κ1) is 11.7. The van der Waals surface area contributed by atoms with Crippen molar-refractivity contribution in [3.63, 3.8) is 0 Å². The molecule has 0 saturated carbocycles. The standard InChI is InChI=1S/C9H4ClF3N2O2/c10-4-1-2-5-6(7(16)17)14-8(9(11,12)13)15(5)3-4/h1-3H,(H,16,17). The number of halogens is 4. The highest BCUT2D eigenvalue weighted by Gasteiger charge is 2.38. The molecule has 0 radical (unpaired) electrons. The normalized spacial score (nSPS) is 12.0. The minimum atomic E-state index is -4.75. The van der Waals surface area contributed by atoms with Crippen molar-refractivity contribution in [1.29, 1.82) is 0 Å². The minimum absolute atomic E-state index is 0.0531. The van der Waals surface area contributed by atoms with Crippen LogP contribution in [0.25, 0.3) is 5.52 Å². The van der Waals surface area contributed by atoms with Crippen LogP contribution in [0.3, 0.4) is 0 Å². The molecule has 2 rings (SSSR count). The van der Waals surface area contributed by atoms with E-state index in [1.807, 2.05) is 0 Å². The average Bonchev–Trinajstić information content (AvgIpc) is 2.55. The third-order valence-corrected chi connectivity index (χ3v) is 2.28. The number of hydrogen-bond donors (Lipinski definition) is 1. The number of hydrogen-bond acceptors (Lipinski definition) is 2. The Morgan fingerprint density at radius 3 is 2.59 bits per heavy atom. The van der Waals surface area contributed by atoms with Gasteiger partial charge in [-0.1, -0.05) is 11.6 Å². The van der Waals surface area contributed by atoms with Crippen LogP contribution in [0, 0.1) is 0 Å². The molecule has 2 heterocycles. The van der Waals surface area contributed by atoms with E-state index in [1.165, 1.54) is 12.1 Å². The van der Waals surface area contributed by atoms with Gasteiger partial charge in [0.05, 0.1) is 10.5 Å². The number of alkyl halides is 3. The molecule has 0 amide bonds. The van der Waals surface area contributed by atoms with Crippen molar-refractivity contribution >= 4 is 23.1 Å². The first-order chi connectivity index (χ1) is 7.80. The van der Waals surface area contributed by atoms with Crippen molar-refractivity contribution < 1.29 is 23.1 Å². The first-order valence-corrected chi connectivity index (χ1v) is 4.66. The number of carboxylic acid groups (broad SMARTS) is 1. The zero-order valence-electron chi connectivity index (χ0n) is 7.99. The fourth-order valence-corrected chi connectivity index (χ4v) is 1.58. The van der Waals surface area contributed by atoms with Crippen molar-refractivity contribution in [1.82, 2.24) is 9.38 Å². The van der Waals surface area contributed by atoms with E-state index in [0.717, 1.165) is 6.20 Å². The van der Waals surface area contributed by atoms with Gasteiger partial charge in [0, 0.05) is 6.20 Å². The fraction of sp³-hybridized carbons (Fsp3) is 0.111. The molecule has 0 aromatic carbocycles. The van der Waals surface area contributed by atoms with Crippen molar-refractivity contribution in [3.8, 4) is 0 Å². The number of imidazole rings is 1. The van der Waals surface area contributed by atoms with Gasteiger partial charge in [0.15, 0.2) is 5.69 Å². The molecule has 17 heavy (non-hydrogen) atoms. The molecule has 0 atom stereocenters. The number of pyridine rings is 1.